The zero-order valence-electron chi connectivity index (χ0n) is 11.6. The van der Waals surface area contributed by atoms with E-state index in [1.807, 2.05) is 55.5 Å². The first-order chi connectivity index (χ1) is 9.42. The van der Waals surface area contributed by atoms with Crippen LogP contribution in [0.3, 0.4) is 0 Å². The molecule has 0 bridgehead atoms. The lowest BCUT2D eigenvalue weighted by Gasteiger charge is -2.14. The van der Waals surface area contributed by atoms with Gasteiger partial charge in [0.05, 0.1) is 0 Å². The summed E-state index contributed by atoms with van der Waals surface area (Å²) in [6, 6.07) is 6.00. The summed E-state index contributed by atoms with van der Waals surface area (Å²) >= 11 is 6.34. The second kappa shape index (κ2) is 6.22. The molecule has 2 aromatic rings. The molecule has 0 saturated heterocycles. The number of pyridine rings is 1. The van der Waals surface area contributed by atoms with Gasteiger partial charge in [-0.1, -0.05) is 6.07 Å². The number of thiol groups is 1. The lowest BCUT2D eigenvalue weighted by molar-refractivity contribution is 0.471. The molecule has 0 aliphatic carbocycles. The fourth-order valence-corrected chi connectivity index (χ4v) is 3.06. The lowest BCUT2D eigenvalue weighted by atomic mass is 10.1. The van der Waals surface area contributed by atoms with Crippen molar-refractivity contribution in [3.8, 4) is 11.5 Å². The highest BCUT2D eigenvalue weighted by Crippen LogP contribution is 2.31. The van der Waals surface area contributed by atoms with Crippen LogP contribution in [0, 0.1) is 24.3 Å². The second-order valence-corrected chi connectivity index (χ2v) is 6.18. The third-order valence-electron chi connectivity index (χ3n) is 3.00. The molecule has 106 valence electrons. The molecule has 0 atom stereocenters. The van der Waals surface area contributed by atoms with Crippen molar-refractivity contribution in [3.05, 3.63) is 54.5 Å². The van der Waals surface area contributed by atoms with Crippen LogP contribution < -0.4 is 10.3 Å². The normalized spacial score (nSPS) is 10.7. The Balaban J connectivity index is 2.55. The smallest absolute Gasteiger partial charge is 0.265 e. The molecule has 0 fully saturated rings. The molecule has 3 nitrogen and oxygen atoms in total. The fraction of sp³-hybridized carbons (Fsp3) is 0.267. The van der Waals surface area contributed by atoms with Gasteiger partial charge in [0.1, 0.15) is 9.32 Å². The summed E-state index contributed by atoms with van der Waals surface area (Å²) in [5, 5.41) is 0. The van der Waals surface area contributed by atoms with E-state index in [1.165, 1.54) is 0 Å². The van der Waals surface area contributed by atoms with Gasteiger partial charge in [0.25, 0.3) is 5.56 Å². The predicted octanol–water partition coefficient (Wildman–Crippen LogP) is 4.13. The maximum Gasteiger partial charge on any atom is 0.265 e. The first-order valence-electron chi connectivity index (χ1n) is 6.20. The molecule has 1 N–H and O–H groups in total. The van der Waals surface area contributed by atoms with Crippen molar-refractivity contribution < 1.29 is 4.74 Å². The van der Waals surface area contributed by atoms with E-state index < -0.39 is 0 Å². The SMILES string of the molecule is Cc1cc(C)cc(Oc2c(CS)c(C)[nH]c(=O)c2I)c1. The number of benzene rings is 1. The first-order valence-corrected chi connectivity index (χ1v) is 7.91. The molecule has 0 unspecified atom stereocenters. The van der Waals surface area contributed by atoms with Gasteiger partial charge < -0.3 is 9.72 Å². The molecular weight excluding hydrogens is 385 g/mol. The van der Waals surface area contributed by atoms with Crippen molar-refractivity contribution >= 4 is 35.2 Å². The molecule has 0 amide bonds. The summed E-state index contributed by atoms with van der Waals surface area (Å²) < 4.78 is 6.53. The van der Waals surface area contributed by atoms with E-state index in [0.29, 0.717) is 15.1 Å². The average Bonchev–Trinajstić information content (AvgIpc) is 2.34. The highest BCUT2D eigenvalue weighted by molar-refractivity contribution is 14.1. The number of nitrogens with one attached hydrogen (secondary N) is 1. The number of ether oxygens (including phenoxy) is 1. The quantitative estimate of drug-likeness (QED) is 0.600. The van der Waals surface area contributed by atoms with Crippen molar-refractivity contribution in [2.75, 3.05) is 0 Å². The number of H-pyrrole nitrogens is 1. The number of halogens is 1. The minimum absolute atomic E-state index is 0.131. The summed E-state index contributed by atoms with van der Waals surface area (Å²) in [7, 11) is 0. The first kappa shape index (κ1) is 15.4. The summed E-state index contributed by atoms with van der Waals surface area (Å²) in [6.45, 7) is 5.90. The van der Waals surface area contributed by atoms with Crippen LogP contribution in [0.15, 0.2) is 23.0 Å². The van der Waals surface area contributed by atoms with E-state index in [4.69, 9.17) is 4.74 Å². The number of aryl methyl sites for hydroxylation is 3. The lowest BCUT2D eigenvalue weighted by Crippen LogP contribution is -2.15. The number of aromatic nitrogens is 1. The van der Waals surface area contributed by atoms with Crippen molar-refractivity contribution in [2.45, 2.75) is 26.5 Å². The van der Waals surface area contributed by atoms with Gasteiger partial charge in [-0.2, -0.15) is 12.6 Å². The molecule has 20 heavy (non-hydrogen) atoms. The number of rotatable bonds is 3. The molecular formula is C15H16INO2S. The van der Waals surface area contributed by atoms with Gasteiger partial charge in [-0.3, -0.25) is 4.79 Å². The number of aromatic amines is 1. The maximum absolute atomic E-state index is 11.9. The Labute approximate surface area is 137 Å². The van der Waals surface area contributed by atoms with E-state index in [2.05, 4.69) is 23.7 Å². The predicted molar refractivity (Wildman–Crippen MR) is 93.2 cm³/mol. The van der Waals surface area contributed by atoms with Crippen molar-refractivity contribution in [3.63, 3.8) is 0 Å². The number of hydrogen-bond acceptors (Lipinski definition) is 3. The fourth-order valence-electron chi connectivity index (χ4n) is 2.11. The maximum atomic E-state index is 11.9. The monoisotopic (exact) mass is 401 g/mol. The Hall–Kier alpha value is -0.950. The largest absolute Gasteiger partial charge is 0.456 e. The Morgan fingerprint density at radius 3 is 2.35 bits per heavy atom. The van der Waals surface area contributed by atoms with Gasteiger partial charge in [-0.05, 0) is 66.6 Å². The van der Waals surface area contributed by atoms with E-state index in [-0.39, 0.29) is 5.56 Å². The van der Waals surface area contributed by atoms with Crippen LogP contribution in [0.5, 0.6) is 11.5 Å². The Kier molecular flexibility index (Phi) is 4.80. The molecule has 0 saturated carbocycles. The van der Waals surface area contributed by atoms with Crippen LogP contribution in [-0.4, -0.2) is 4.98 Å². The molecule has 0 radical (unpaired) electrons. The molecule has 0 spiro atoms. The van der Waals surface area contributed by atoms with Gasteiger partial charge >= 0.3 is 0 Å². The van der Waals surface area contributed by atoms with Gasteiger partial charge in [-0.25, -0.2) is 0 Å². The van der Waals surface area contributed by atoms with Crippen LogP contribution in [0.1, 0.15) is 22.4 Å². The number of hydrogen-bond donors (Lipinski definition) is 2. The topological polar surface area (TPSA) is 42.1 Å². The van der Waals surface area contributed by atoms with Crippen LogP contribution in [0.2, 0.25) is 0 Å². The molecule has 2 rings (SSSR count). The Bertz CT molecular complexity index is 690. The highest BCUT2D eigenvalue weighted by atomic mass is 127. The molecule has 1 aromatic heterocycles. The van der Waals surface area contributed by atoms with Gasteiger partial charge in [0.2, 0.25) is 0 Å². The van der Waals surface area contributed by atoms with Crippen LogP contribution in [-0.2, 0) is 5.75 Å². The standard InChI is InChI=1S/C15H16INO2S/c1-8-4-9(2)6-11(5-8)19-14-12(7-20)10(3)17-15(18)13(14)16/h4-6,20H,7H2,1-3H3,(H,17,18). The minimum Gasteiger partial charge on any atom is -0.456 e. The highest BCUT2D eigenvalue weighted by Gasteiger charge is 2.15. The third-order valence-corrected chi connectivity index (χ3v) is 4.30. The molecule has 0 aliphatic heterocycles. The zero-order valence-corrected chi connectivity index (χ0v) is 14.6. The van der Waals surface area contributed by atoms with Crippen LogP contribution >= 0.6 is 35.2 Å². The van der Waals surface area contributed by atoms with Gasteiger partial charge in [0, 0.05) is 17.0 Å². The van der Waals surface area contributed by atoms with Crippen LogP contribution in [0.4, 0.5) is 0 Å². The van der Waals surface area contributed by atoms with Crippen molar-refractivity contribution in [1.29, 1.82) is 0 Å². The average molecular weight is 401 g/mol. The molecule has 5 heteroatoms. The molecule has 0 aliphatic rings. The summed E-state index contributed by atoms with van der Waals surface area (Å²) in [4.78, 5) is 14.7. The summed E-state index contributed by atoms with van der Waals surface area (Å²) in [5.74, 6) is 1.86. The molecule has 1 aromatic carbocycles. The minimum atomic E-state index is -0.131. The van der Waals surface area contributed by atoms with Gasteiger partial charge in [0.15, 0.2) is 5.75 Å². The molecule has 1 heterocycles. The third kappa shape index (κ3) is 3.20. The van der Waals surface area contributed by atoms with Crippen LogP contribution in [0.25, 0.3) is 0 Å². The van der Waals surface area contributed by atoms with E-state index in [1.54, 1.807) is 0 Å². The Morgan fingerprint density at radius 1 is 1.20 bits per heavy atom. The Morgan fingerprint density at radius 2 is 1.80 bits per heavy atom. The van der Waals surface area contributed by atoms with E-state index in [9.17, 15) is 4.79 Å². The van der Waals surface area contributed by atoms with Gasteiger partial charge in [-0.15, -0.1) is 0 Å². The second-order valence-electron chi connectivity index (χ2n) is 4.78. The summed E-state index contributed by atoms with van der Waals surface area (Å²) in [5.41, 5.74) is 3.84. The zero-order chi connectivity index (χ0) is 14.9. The van der Waals surface area contributed by atoms with Crippen molar-refractivity contribution in [1.82, 2.24) is 4.98 Å². The van der Waals surface area contributed by atoms with E-state index in [0.717, 1.165) is 28.1 Å². The van der Waals surface area contributed by atoms with Crippen molar-refractivity contribution in [2.24, 2.45) is 0 Å². The summed E-state index contributed by atoms with van der Waals surface area (Å²) in [6.07, 6.45) is 0. The van der Waals surface area contributed by atoms with E-state index >= 15 is 0 Å².